The number of hydrogen-bond acceptors (Lipinski definition) is 3. The van der Waals surface area contributed by atoms with Crippen LogP contribution in [0.2, 0.25) is 0 Å². The summed E-state index contributed by atoms with van der Waals surface area (Å²) in [5.41, 5.74) is -0.203. The number of hydrogen-bond donors (Lipinski definition) is 1. The summed E-state index contributed by atoms with van der Waals surface area (Å²) in [5.74, 6) is -0.0973. The van der Waals surface area contributed by atoms with Crippen LogP contribution in [0.5, 0.6) is 0 Å². The molecule has 0 saturated carbocycles. The van der Waals surface area contributed by atoms with Gasteiger partial charge in [0.1, 0.15) is 5.44 Å². The number of carbonyl (C=O) groups is 1. The highest BCUT2D eigenvalue weighted by Crippen LogP contribution is 2.11. The fraction of sp³-hybridized carbons (Fsp3) is 0.917. The van der Waals surface area contributed by atoms with E-state index in [0.717, 1.165) is 32.1 Å². The van der Waals surface area contributed by atoms with Crippen LogP contribution >= 0.6 is 12.6 Å². The Hall–Kier alpha value is -0.180. The number of unbranched alkanes of at least 4 members (excludes halogenated alkanes) is 4. The standard InChI is InChI=1S/C12H24O2S/c1-3-5-7-9-11(13)14-12(15)10-8-6-4-2/h12,15H,3-10H2,1-2H3. The predicted octanol–water partition coefficient (Wildman–Crippen LogP) is 3.95. The molecule has 0 rings (SSSR count). The maximum atomic E-state index is 11.3. The SMILES string of the molecule is CCCCCC(=O)OC(S)CCCCC. The predicted molar refractivity (Wildman–Crippen MR) is 67.2 cm³/mol. The van der Waals surface area contributed by atoms with Gasteiger partial charge in [-0.1, -0.05) is 39.5 Å². The Kier molecular flexibility index (Phi) is 10.2. The molecule has 0 aromatic heterocycles. The Morgan fingerprint density at radius 1 is 1.13 bits per heavy atom. The van der Waals surface area contributed by atoms with Gasteiger partial charge in [-0.05, 0) is 19.3 Å². The van der Waals surface area contributed by atoms with Crippen LogP contribution in [0, 0.1) is 0 Å². The van der Waals surface area contributed by atoms with Crippen molar-refractivity contribution >= 4 is 18.6 Å². The lowest BCUT2D eigenvalue weighted by Crippen LogP contribution is -2.12. The van der Waals surface area contributed by atoms with Crippen molar-refractivity contribution in [2.24, 2.45) is 0 Å². The van der Waals surface area contributed by atoms with Crippen molar-refractivity contribution in [3.8, 4) is 0 Å². The summed E-state index contributed by atoms with van der Waals surface area (Å²) >= 11 is 4.24. The zero-order valence-corrected chi connectivity index (χ0v) is 10.9. The first-order chi connectivity index (χ1) is 7.20. The van der Waals surface area contributed by atoms with Gasteiger partial charge < -0.3 is 4.74 Å². The first kappa shape index (κ1) is 14.8. The van der Waals surface area contributed by atoms with E-state index >= 15 is 0 Å². The Morgan fingerprint density at radius 3 is 2.33 bits per heavy atom. The third-order valence-corrected chi connectivity index (χ3v) is 2.67. The molecule has 0 aliphatic heterocycles. The van der Waals surface area contributed by atoms with Crippen molar-refractivity contribution in [2.75, 3.05) is 0 Å². The molecule has 0 bridgehead atoms. The van der Waals surface area contributed by atoms with E-state index in [-0.39, 0.29) is 11.4 Å². The Morgan fingerprint density at radius 2 is 1.73 bits per heavy atom. The summed E-state index contributed by atoms with van der Waals surface area (Å²) < 4.78 is 5.17. The second kappa shape index (κ2) is 10.3. The molecule has 0 radical (unpaired) electrons. The van der Waals surface area contributed by atoms with Crippen LogP contribution in [0.15, 0.2) is 0 Å². The lowest BCUT2D eigenvalue weighted by Gasteiger charge is -2.11. The topological polar surface area (TPSA) is 26.3 Å². The summed E-state index contributed by atoms with van der Waals surface area (Å²) in [4.78, 5) is 11.3. The van der Waals surface area contributed by atoms with Gasteiger partial charge in [0.2, 0.25) is 0 Å². The van der Waals surface area contributed by atoms with Crippen molar-refractivity contribution in [2.45, 2.75) is 70.7 Å². The third-order valence-electron chi connectivity index (χ3n) is 2.31. The number of rotatable bonds is 9. The zero-order chi connectivity index (χ0) is 11.5. The molecule has 3 heteroatoms. The van der Waals surface area contributed by atoms with Crippen LogP contribution in [-0.4, -0.2) is 11.4 Å². The first-order valence-electron chi connectivity index (χ1n) is 6.08. The molecule has 0 saturated heterocycles. The molecule has 15 heavy (non-hydrogen) atoms. The minimum Gasteiger partial charge on any atom is -0.452 e. The van der Waals surface area contributed by atoms with E-state index in [1.807, 2.05) is 0 Å². The molecule has 0 amide bonds. The zero-order valence-electron chi connectivity index (χ0n) is 10.00. The Bertz CT molecular complexity index is 160. The highest BCUT2D eigenvalue weighted by atomic mass is 32.1. The summed E-state index contributed by atoms with van der Waals surface area (Å²) in [7, 11) is 0. The summed E-state index contributed by atoms with van der Waals surface area (Å²) in [6.07, 6.45) is 8.04. The van der Waals surface area contributed by atoms with Crippen molar-refractivity contribution in [3.05, 3.63) is 0 Å². The van der Waals surface area contributed by atoms with E-state index in [2.05, 4.69) is 26.5 Å². The van der Waals surface area contributed by atoms with Crippen molar-refractivity contribution in [1.29, 1.82) is 0 Å². The molecule has 0 aliphatic rings. The van der Waals surface area contributed by atoms with Gasteiger partial charge in [0, 0.05) is 6.42 Å². The van der Waals surface area contributed by atoms with Gasteiger partial charge in [0.05, 0.1) is 0 Å². The molecule has 0 spiro atoms. The quantitative estimate of drug-likeness (QED) is 0.282. The normalized spacial score (nSPS) is 12.5. The fourth-order valence-electron chi connectivity index (χ4n) is 1.36. The third kappa shape index (κ3) is 10.1. The van der Waals surface area contributed by atoms with Crippen LogP contribution in [0.25, 0.3) is 0 Å². The first-order valence-corrected chi connectivity index (χ1v) is 6.59. The Balaban J connectivity index is 3.40. The van der Waals surface area contributed by atoms with Gasteiger partial charge in [-0.25, -0.2) is 0 Å². The summed E-state index contributed by atoms with van der Waals surface area (Å²) in [5, 5.41) is 0. The highest BCUT2D eigenvalue weighted by Gasteiger charge is 2.08. The lowest BCUT2D eigenvalue weighted by atomic mass is 10.2. The van der Waals surface area contributed by atoms with Crippen molar-refractivity contribution < 1.29 is 9.53 Å². The molecule has 1 unspecified atom stereocenters. The second-order valence-corrected chi connectivity index (χ2v) is 4.47. The summed E-state index contributed by atoms with van der Waals surface area (Å²) in [6.45, 7) is 4.28. The summed E-state index contributed by atoms with van der Waals surface area (Å²) in [6, 6.07) is 0. The minimum atomic E-state index is -0.203. The highest BCUT2D eigenvalue weighted by molar-refractivity contribution is 7.80. The molecule has 0 N–H and O–H groups in total. The fourth-order valence-corrected chi connectivity index (χ4v) is 1.66. The number of esters is 1. The van der Waals surface area contributed by atoms with E-state index in [1.54, 1.807) is 0 Å². The molecular formula is C12H24O2S. The molecule has 0 aromatic rings. The molecule has 0 aliphatic carbocycles. The average Bonchev–Trinajstić information content (AvgIpc) is 2.18. The van der Waals surface area contributed by atoms with Gasteiger partial charge in [0.25, 0.3) is 0 Å². The smallest absolute Gasteiger partial charge is 0.306 e. The average molecular weight is 232 g/mol. The molecule has 0 fully saturated rings. The van der Waals surface area contributed by atoms with Gasteiger partial charge in [-0.2, -0.15) is 0 Å². The van der Waals surface area contributed by atoms with Crippen LogP contribution in [0.3, 0.4) is 0 Å². The Labute approximate surface area is 99.2 Å². The maximum absolute atomic E-state index is 11.3. The molecular weight excluding hydrogens is 208 g/mol. The lowest BCUT2D eigenvalue weighted by molar-refractivity contribution is -0.145. The monoisotopic (exact) mass is 232 g/mol. The van der Waals surface area contributed by atoms with Crippen LogP contribution in [-0.2, 0) is 9.53 Å². The van der Waals surface area contributed by atoms with E-state index in [4.69, 9.17) is 4.74 Å². The van der Waals surface area contributed by atoms with Gasteiger partial charge >= 0.3 is 5.97 Å². The van der Waals surface area contributed by atoms with Crippen LogP contribution in [0.1, 0.15) is 65.2 Å². The van der Waals surface area contributed by atoms with Gasteiger partial charge in [0.15, 0.2) is 0 Å². The van der Waals surface area contributed by atoms with Crippen molar-refractivity contribution in [3.63, 3.8) is 0 Å². The van der Waals surface area contributed by atoms with E-state index in [9.17, 15) is 4.79 Å². The number of carbonyl (C=O) groups excluding carboxylic acids is 1. The number of thiol groups is 1. The molecule has 2 nitrogen and oxygen atoms in total. The number of ether oxygens (including phenoxy) is 1. The van der Waals surface area contributed by atoms with E-state index in [1.165, 1.54) is 12.8 Å². The largest absolute Gasteiger partial charge is 0.452 e. The van der Waals surface area contributed by atoms with E-state index < -0.39 is 0 Å². The second-order valence-electron chi connectivity index (χ2n) is 3.90. The van der Waals surface area contributed by atoms with Gasteiger partial charge in [-0.3, -0.25) is 4.79 Å². The van der Waals surface area contributed by atoms with Crippen molar-refractivity contribution in [1.82, 2.24) is 0 Å². The minimum absolute atomic E-state index is 0.0973. The maximum Gasteiger partial charge on any atom is 0.306 e. The van der Waals surface area contributed by atoms with Crippen LogP contribution in [0.4, 0.5) is 0 Å². The van der Waals surface area contributed by atoms with E-state index in [0.29, 0.717) is 6.42 Å². The van der Waals surface area contributed by atoms with Gasteiger partial charge in [-0.15, -0.1) is 12.6 Å². The van der Waals surface area contributed by atoms with Crippen LogP contribution < -0.4 is 0 Å². The molecule has 0 aromatic carbocycles. The molecule has 0 heterocycles. The molecule has 1 atom stereocenters. The molecule has 90 valence electrons.